The number of carboxylic acid groups (broad SMARTS) is 1. The Hall–Kier alpha value is -2.56. The Kier molecular flexibility index (Phi) is 4.07. The van der Waals surface area contributed by atoms with Crippen LogP contribution < -0.4 is 10.1 Å². The number of aliphatic carboxylic acids is 1. The van der Waals surface area contributed by atoms with Crippen LogP contribution in [0, 0.1) is 11.8 Å². The zero-order chi connectivity index (χ0) is 17.4. The molecule has 2 aliphatic rings. The molecule has 0 radical (unpaired) electrons. The molecular weight excluding hydrogens is 318 g/mol. The molecule has 1 aliphatic heterocycles. The Balaban J connectivity index is 1.48. The predicted octanol–water partition coefficient (Wildman–Crippen LogP) is 2.76. The minimum atomic E-state index is -0.766. The number of ether oxygens (including phenoxy) is 1. The van der Waals surface area contributed by atoms with Gasteiger partial charge in [-0.15, -0.1) is 0 Å². The van der Waals surface area contributed by atoms with Crippen molar-refractivity contribution in [1.82, 2.24) is 5.32 Å². The van der Waals surface area contributed by atoms with E-state index in [1.165, 1.54) is 0 Å². The van der Waals surface area contributed by atoms with Crippen LogP contribution in [0.2, 0.25) is 0 Å². The number of amides is 1. The van der Waals surface area contributed by atoms with Gasteiger partial charge in [-0.05, 0) is 42.5 Å². The van der Waals surface area contributed by atoms with Gasteiger partial charge in [0.25, 0.3) is 0 Å². The Labute approximate surface area is 146 Å². The fourth-order valence-corrected chi connectivity index (χ4v) is 3.98. The quantitative estimate of drug-likeness (QED) is 0.902. The Morgan fingerprint density at radius 2 is 1.92 bits per heavy atom. The minimum Gasteiger partial charge on any atom is -0.492 e. The van der Waals surface area contributed by atoms with Gasteiger partial charge in [-0.2, -0.15) is 0 Å². The number of carbonyl (C=O) groups is 2. The van der Waals surface area contributed by atoms with Crippen LogP contribution in [-0.4, -0.2) is 29.6 Å². The van der Waals surface area contributed by atoms with Crippen LogP contribution in [0.4, 0.5) is 0 Å². The molecule has 1 amide bonds. The Morgan fingerprint density at radius 1 is 1.08 bits per heavy atom. The third-order valence-corrected chi connectivity index (χ3v) is 5.39. The summed E-state index contributed by atoms with van der Waals surface area (Å²) in [4.78, 5) is 23.7. The second-order valence-electron chi connectivity index (χ2n) is 7.03. The Bertz CT molecular complexity index is 832. The van der Waals surface area contributed by atoms with Crippen LogP contribution in [0.3, 0.4) is 0 Å². The standard InChI is InChI=1S/C20H21NO4/c22-19(21-15-7-5-13(9-15)20(23)24)14-10-17-16-4-2-1-3-12(16)6-8-18(17)25-11-14/h1-4,6,8,13-15H,5,7,9-11H2,(H,21,22)(H,23,24)/t13-,14?,15+/m1/s1. The second-order valence-corrected chi connectivity index (χ2v) is 7.03. The minimum absolute atomic E-state index is 0.0328. The van der Waals surface area contributed by atoms with E-state index < -0.39 is 5.97 Å². The van der Waals surface area contributed by atoms with Gasteiger partial charge in [0.15, 0.2) is 0 Å². The molecule has 130 valence electrons. The number of hydrogen-bond acceptors (Lipinski definition) is 3. The summed E-state index contributed by atoms with van der Waals surface area (Å²) in [5.74, 6) is -0.512. The monoisotopic (exact) mass is 339 g/mol. The number of carbonyl (C=O) groups excluding carboxylic acids is 1. The van der Waals surface area contributed by atoms with Crippen molar-refractivity contribution in [2.24, 2.45) is 11.8 Å². The van der Waals surface area contributed by atoms with Crippen molar-refractivity contribution in [3.8, 4) is 5.75 Å². The molecule has 0 bridgehead atoms. The summed E-state index contributed by atoms with van der Waals surface area (Å²) < 4.78 is 5.83. The fraction of sp³-hybridized carbons (Fsp3) is 0.400. The van der Waals surface area contributed by atoms with Crippen LogP contribution in [0.25, 0.3) is 10.8 Å². The smallest absolute Gasteiger partial charge is 0.306 e. The summed E-state index contributed by atoms with van der Waals surface area (Å²) in [6, 6.07) is 12.1. The highest BCUT2D eigenvalue weighted by Gasteiger charge is 2.33. The maximum atomic E-state index is 12.6. The largest absolute Gasteiger partial charge is 0.492 e. The molecule has 4 rings (SSSR count). The van der Waals surface area contributed by atoms with Gasteiger partial charge < -0.3 is 15.2 Å². The number of nitrogens with one attached hydrogen (secondary N) is 1. The van der Waals surface area contributed by atoms with Crippen molar-refractivity contribution in [2.45, 2.75) is 31.7 Å². The highest BCUT2D eigenvalue weighted by atomic mass is 16.5. The van der Waals surface area contributed by atoms with Crippen molar-refractivity contribution < 1.29 is 19.4 Å². The first kappa shape index (κ1) is 15.9. The van der Waals surface area contributed by atoms with Crippen molar-refractivity contribution in [3.63, 3.8) is 0 Å². The average Bonchev–Trinajstić information content (AvgIpc) is 3.10. The van der Waals surface area contributed by atoms with E-state index in [-0.39, 0.29) is 23.8 Å². The summed E-state index contributed by atoms with van der Waals surface area (Å²) in [5.41, 5.74) is 1.08. The number of carboxylic acids is 1. The number of fused-ring (bicyclic) bond motifs is 3. The first-order valence-corrected chi connectivity index (χ1v) is 8.78. The van der Waals surface area contributed by atoms with Crippen molar-refractivity contribution in [3.05, 3.63) is 42.0 Å². The van der Waals surface area contributed by atoms with Crippen LogP contribution in [0.5, 0.6) is 5.75 Å². The number of benzene rings is 2. The van der Waals surface area contributed by atoms with Crippen LogP contribution in [-0.2, 0) is 16.0 Å². The molecular formula is C20H21NO4. The van der Waals surface area contributed by atoms with E-state index in [0.29, 0.717) is 25.9 Å². The highest BCUT2D eigenvalue weighted by Crippen LogP contribution is 2.34. The van der Waals surface area contributed by atoms with Crippen molar-refractivity contribution in [2.75, 3.05) is 6.61 Å². The molecule has 2 aromatic rings. The molecule has 25 heavy (non-hydrogen) atoms. The zero-order valence-corrected chi connectivity index (χ0v) is 13.9. The second kappa shape index (κ2) is 6.39. The van der Waals surface area contributed by atoms with E-state index in [9.17, 15) is 9.59 Å². The fourth-order valence-electron chi connectivity index (χ4n) is 3.98. The van der Waals surface area contributed by atoms with Gasteiger partial charge in [0.05, 0.1) is 11.8 Å². The van der Waals surface area contributed by atoms with E-state index >= 15 is 0 Å². The molecule has 0 spiro atoms. The van der Waals surface area contributed by atoms with Gasteiger partial charge in [-0.25, -0.2) is 0 Å². The summed E-state index contributed by atoms with van der Waals surface area (Å²) in [6.45, 7) is 0.367. The van der Waals surface area contributed by atoms with Crippen LogP contribution in [0.15, 0.2) is 36.4 Å². The van der Waals surface area contributed by atoms with Crippen LogP contribution in [0.1, 0.15) is 24.8 Å². The molecule has 2 aromatic carbocycles. The lowest BCUT2D eigenvalue weighted by Gasteiger charge is -2.27. The SMILES string of the molecule is O=C(N[C@H]1CC[C@@H](C(=O)O)C1)C1COc2ccc3ccccc3c2C1. The van der Waals surface area contributed by atoms with Gasteiger partial charge in [-0.3, -0.25) is 9.59 Å². The molecule has 1 fully saturated rings. The number of rotatable bonds is 3. The third kappa shape index (κ3) is 3.06. The summed E-state index contributed by atoms with van der Waals surface area (Å²) in [5, 5.41) is 14.4. The zero-order valence-electron chi connectivity index (χ0n) is 13.9. The molecule has 2 N–H and O–H groups in total. The maximum absolute atomic E-state index is 12.6. The van der Waals surface area contributed by atoms with Gasteiger partial charge in [0, 0.05) is 11.6 Å². The van der Waals surface area contributed by atoms with E-state index in [1.54, 1.807) is 0 Å². The maximum Gasteiger partial charge on any atom is 0.306 e. The predicted molar refractivity (Wildman–Crippen MR) is 93.5 cm³/mol. The van der Waals surface area contributed by atoms with E-state index in [2.05, 4.69) is 17.4 Å². The van der Waals surface area contributed by atoms with Gasteiger partial charge in [-0.1, -0.05) is 30.3 Å². The van der Waals surface area contributed by atoms with Gasteiger partial charge >= 0.3 is 5.97 Å². The van der Waals surface area contributed by atoms with Crippen molar-refractivity contribution in [1.29, 1.82) is 0 Å². The third-order valence-electron chi connectivity index (χ3n) is 5.39. The molecule has 0 aromatic heterocycles. The average molecular weight is 339 g/mol. The van der Waals surface area contributed by atoms with Gasteiger partial charge in [0.1, 0.15) is 12.4 Å². The highest BCUT2D eigenvalue weighted by molar-refractivity contribution is 5.89. The van der Waals surface area contributed by atoms with E-state index in [1.807, 2.05) is 24.3 Å². The summed E-state index contributed by atoms with van der Waals surface area (Å²) in [7, 11) is 0. The van der Waals surface area contributed by atoms with Crippen molar-refractivity contribution >= 4 is 22.6 Å². The lowest BCUT2D eigenvalue weighted by molar-refractivity contribution is -0.141. The van der Waals surface area contributed by atoms with E-state index in [0.717, 1.165) is 28.5 Å². The molecule has 1 heterocycles. The first-order chi connectivity index (χ1) is 12.1. The summed E-state index contributed by atoms with van der Waals surface area (Å²) in [6.07, 6.45) is 2.54. The molecule has 1 saturated carbocycles. The topological polar surface area (TPSA) is 75.6 Å². The lowest BCUT2D eigenvalue weighted by Crippen LogP contribution is -2.42. The normalized spacial score (nSPS) is 25.2. The Morgan fingerprint density at radius 3 is 2.72 bits per heavy atom. The molecule has 1 aliphatic carbocycles. The summed E-state index contributed by atoms with van der Waals surface area (Å²) >= 11 is 0. The van der Waals surface area contributed by atoms with Gasteiger partial charge in [0.2, 0.25) is 5.91 Å². The first-order valence-electron chi connectivity index (χ1n) is 8.78. The molecule has 5 heteroatoms. The lowest BCUT2D eigenvalue weighted by atomic mass is 9.91. The molecule has 5 nitrogen and oxygen atoms in total. The molecule has 1 unspecified atom stereocenters. The molecule has 3 atom stereocenters. The number of hydrogen-bond donors (Lipinski definition) is 2. The molecule has 0 saturated heterocycles. The van der Waals surface area contributed by atoms with E-state index in [4.69, 9.17) is 9.84 Å². The van der Waals surface area contributed by atoms with Crippen LogP contribution >= 0.6 is 0 Å².